The summed E-state index contributed by atoms with van der Waals surface area (Å²) in [7, 11) is 1.71. The van der Waals surface area contributed by atoms with Crippen molar-refractivity contribution in [3.63, 3.8) is 0 Å². The minimum Gasteiger partial charge on any atom is -0.496 e. The van der Waals surface area contributed by atoms with Gasteiger partial charge in [0.1, 0.15) is 11.3 Å². The van der Waals surface area contributed by atoms with E-state index in [1.165, 1.54) is 5.56 Å². The highest BCUT2D eigenvalue weighted by atomic mass is 16.5. The van der Waals surface area contributed by atoms with Gasteiger partial charge in [-0.05, 0) is 82.0 Å². The number of amides is 1. The Morgan fingerprint density at radius 1 is 1.14 bits per heavy atom. The molecule has 1 aromatic carbocycles. The lowest BCUT2D eigenvalue weighted by atomic mass is 9.82. The topological polar surface area (TPSA) is 53.0 Å². The Labute approximate surface area is 168 Å². The summed E-state index contributed by atoms with van der Waals surface area (Å²) in [6.07, 6.45) is 7.51. The summed E-state index contributed by atoms with van der Waals surface area (Å²) in [6.45, 7) is 4.78. The molecule has 1 atom stereocenters. The molecule has 5 nitrogen and oxygen atoms in total. The lowest BCUT2D eigenvalue weighted by molar-refractivity contribution is -0.152. The van der Waals surface area contributed by atoms with Crippen LogP contribution in [0.15, 0.2) is 18.2 Å². The number of nitrogens with zero attached hydrogens (tertiary/aromatic N) is 2. The van der Waals surface area contributed by atoms with E-state index in [0.29, 0.717) is 11.9 Å². The summed E-state index contributed by atoms with van der Waals surface area (Å²) in [5.41, 5.74) is 2.08. The van der Waals surface area contributed by atoms with Crippen molar-refractivity contribution in [3.05, 3.63) is 29.3 Å². The molecule has 1 aromatic rings. The van der Waals surface area contributed by atoms with E-state index in [0.717, 1.165) is 82.3 Å². The molecule has 1 spiro atoms. The average Bonchev–Trinajstić information content (AvgIpc) is 3.08. The summed E-state index contributed by atoms with van der Waals surface area (Å²) >= 11 is 0. The van der Waals surface area contributed by atoms with E-state index in [1.807, 2.05) is 6.07 Å². The van der Waals surface area contributed by atoms with Crippen LogP contribution in [0.3, 0.4) is 0 Å². The van der Waals surface area contributed by atoms with Gasteiger partial charge in [0.05, 0.1) is 13.2 Å². The quantitative estimate of drug-likeness (QED) is 0.863. The zero-order valence-electron chi connectivity index (χ0n) is 17.3. The molecule has 4 rings (SSSR count). The van der Waals surface area contributed by atoms with Crippen LogP contribution >= 0.6 is 0 Å². The van der Waals surface area contributed by atoms with E-state index in [1.54, 1.807) is 7.11 Å². The molecular formula is C23H34N2O3. The van der Waals surface area contributed by atoms with Gasteiger partial charge >= 0.3 is 0 Å². The molecule has 2 aliphatic heterocycles. The molecule has 0 bridgehead atoms. The zero-order chi connectivity index (χ0) is 19.7. The number of benzene rings is 1. The number of rotatable bonds is 4. The average molecular weight is 387 g/mol. The van der Waals surface area contributed by atoms with Gasteiger partial charge in [-0.2, -0.15) is 0 Å². The van der Waals surface area contributed by atoms with Crippen molar-refractivity contribution in [3.8, 4) is 5.75 Å². The number of ether oxygens (including phenoxy) is 1. The number of aryl methyl sites for hydroxylation is 1. The first kappa shape index (κ1) is 19.7. The first-order valence-corrected chi connectivity index (χ1v) is 10.9. The smallest absolute Gasteiger partial charge is 0.243 e. The van der Waals surface area contributed by atoms with Crippen LogP contribution in [0.25, 0.3) is 0 Å². The third-order valence-corrected chi connectivity index (χ3v) is 7.21. The van der Waals surface area contributed by atoms with Crippen molar-refractivity contribution in [2.75, 3.05) is 20.2 Å². The highest BCUT2D eigenvalue weighted by Crippen LogP contribution is 2.41. The van der Waals surface area contributed by atoms with Crippen LogP contribution in [0.2, 0.25) is 0 Å². The fourth-order valence-electron chi connectivity index (χ4n) is 5.69. The minimum absolute atomic E-state index is 0.175. The molecule has 2 saturated heterocycles. The van der Waals surface area contributed by atoms with Crippen molar-refractivity contribution in [2.45, 2.75) is 82.5 Å². The molecule has 0 radical (unpaired) electrons. The van der Waals surface area contributed by atoms with Gasteiger partial charge in [0.2, 0.25) is 5.91 Å². The summed E-state index contributed by atoms with van der Waals surface area (Å²) in [5.74, 6) is 1.27. The Morgan fingerprint density at radius 3 is 2.54 bits per heavy atom. The second-order valence-electron chi connectivity index (χ2n) is 8.93. The van der Waals surface area contributed by atoms with Crippen LogP contribution in [0.1, 0.15) is 62.5 Å². The van der Waals surface area contributed by atoms with Gasteiger partial charge in [0.25, 0.3) is 0 Å². The van der Waals surface area contributed by atoms with Crippen molar-refractivity contribution in [1.29, 1.82) is 0 Å². The lowest BCUT2D eigenvalue weighted by Gasteiger charge is -2.48. The second-order valence-corrected chi connectivity index (χ2v) is 8.93. The normalized spacial score (nSPS) is 31.5. The van der Waals surface area contributed by atoms with Crippen LogP contribution in [0.5, 0.6) is 5.75 Å². The molecule has 1 N–H and O–H groups in total. The van der Waals surface area contributed by atoms with E-state index in [4.69, 9.17) is 4.74 Å². The van der Waals surface area contributed by atoms with Gasteiger partial charge in [0, 0.05) is 19.1 Å². The number of hydrogen-bond donors (Lipinski definition) is 1. The Balaban J connectivity index is 1.52. The number of methoxy groups -OCH3 is 1. The molecule has 2 heterocycles. The predicted molar refractivity (Wildman–Crippen MR) is 109 cm³/mol. The fraction of sp³-hybridized carbons (Fsp3) is 0.696. The molecule has 28 heavy (non-hydrogen) atoms. The first-order valence-electron chi connectivity index (χ1n) is 10.9. The maximum atomic E-state index is 13.7. The molecule has 1 saturated carbocycles. The van der Waals surface area contributed by atoms with E-state index >= 15 is 0 Å². The van der Waals surface area contributed by atoms with E-state index < -0.39 is 0 Å². The number of aliphatic hydroxyl groups excluding tert-OH is 1. The zero-order valence-corrected chi connectivity index (χ0v) is 17.3. The van der Waals surface area contributed by atoms with Gasteiger partial charge in [-0.15, -0.1) is 0 Å². The van der Waals surface area contributed by atoms with Crippen molar-refractivity contribution >= 4 is 5.91 Å². The molecule has 1 aliphatic carbocycles. The highest BCUT2D eigenvalue weighted by Gasteiger charge is 2.51. The molecule has 0 aromatic heterocycles. The van der Waals surface area contributed by atoms with Gasteiger partial charge in [-0.3, -0.25) is 9.69 Å². The Morgan fingerprint density at radius 2 is 1.86 bits per heavy atom. The molecule has 1 amide bonds. The SMILES string of the molecule is COc1ccc(CN2CCCC23CCCN(C2CCC(O)CC2)C3=O)cc1C. The maximum Gasteiger partial charge on any atom is 0.243 e. The van der Waals surface area contributed by atoms with Crippen LogP contribution < -0.4 is 4.74 Å². The van der Waals surface area contributed by atoms with Crippen LogP contribution in [0, 0.1) is 6.92 Å². The maximum absolute atomic E-state index is 13.7. The monoisotopic (exact) mass is 386 g/mol. The van der Waals surface area contributed by atoms with Gasteiger partial charge in [0.15, 0.2) is 0 Å². The molecule has 3 fully saturated rings. The van der Waals surface area contributed by atoms with Crippen LogP contribution in [-0.2, 0) is 11.3 Å². The number of likely N-dealkylation sites (tertiary alicyclic amines) is 2. The van der Waals surface area contributed by atoms with E-state index in [9.17, 15) is 9.90 Å². The minimum atomic E-state index is -0.317. The van der Waals surface area contributed by atoms with Crippen molar-refractivity contribution in [2.24, 2.45) is 0 Å². The van der Waals surface area contributed by atoms with Gasteiger partial charge in [-0.1, -0.05) is 12.1 Å². The standard InChI is InChI=1S/C23H34N2O3/c1-17-15-18(5-10-21(17)28-2)16-24-13-3-11-23(24)12-4-14-25(22(23)27)19-6-8-20(26)9-7-19/h5,10,15,19-20,26H,3-4,6-9,11-14,16H2,1-2H3. The molecule has 1 unspecified atom stereocenters. The van der Waals surface area contributed by atoms with E-state index in [2.05, 4.69) is 28.9 Å². The fourth-order valence-corrected chi connectivity index (χ4v) is 5.69. The highest BCUT2D eigenvalue weighted by molar-refractivity contribution is 5.88. The largest absolute Gasteiger partial charge is 0.496 e. The Kier molecular flexibility index (Phi) is 5.66. The number of hydrogen-bond acceptors (Lipinski definition) is 4. The summed E-state index contributed by atoms with van der Waals surface area (Å²) in [5, 5.41) is 9.84. The number of carbonyl (C=O) groups is 1. The summed E-state index contributed by atoms with van der Waals surface area (Å²) < 4.78 is 5.39. The van der Waals surface area contributed by atoms with Gasteiger partial charge < -0.3 is 14.7 Å². The number of aliphatic hydroxyl groups is 1. The molecule has 3 aliphatic rings. The van der Waals surface area contributed by atoms with Crippen LogP contribution in [-0.4, -0.2) is 58.7 Å². The van der Waals surface area contributed by atoms with Crippen LogP contribution in [0.4, 0.5) is 0 Å². The van der Waals surface area contributed by atoms with Crippen molar-refractivity contribution < 1.29 is 14.6 Å². The predicted octanol–water partition coefficient (Wildman–Crippen LogP) is 3.26. The Bertz CT molecular complexity index is 714. The Hall–Kier alpha value is -1.59. The van der Waals surface area contributed by atoms with Crippen molar-refractivity contribution in [1.82, 2.24) is 9.80 Å². The second kappa shape index (κ2) is 8.03. The third kappa shape index (κ3) is 3.55. The van der Waals surface area contributed by atoms with E-state index in [-0.39, 0.29) is 11.6 Å². The molecule has 154 valence electrons. The number of carbonyl (C=O) groups excluding carboxylic acids is 1. The lowest BCUT2D eigenvalue weighted by Crippen LogP contribution is -2.62. The first-order chi connectivity index (χ1) is 13.5. The van der Waals surface area contributed by atoms with Gasteiger partial charge in [-0.25, -0.2) is 0 Å². The third-order valence-electron chi connectivity index (χ3n) is 7.21. The summed E-state index contributed by atoms with van der Waals surface area (Å²) in [6, 6.07) is 6.68. The molecular weight excluding hydrogens is 352 g/mol. The summed E-state index contributed by atoms with van der Waals surface area (Å²) in [4.78, 5) is 18.3. The molecule has 5 heteroatoms. The number of piperidine rings is 1.